The lowest BCUT2D eigenvalue weighted by atomic mass is 9.81. The molecule has 0 bridgehead atoms. The molecule has 22 heavy (non-hydrogen) atoms. The van der Waals surface area contributed by atoms with E-state index in [1.54, 1.807) is 0 Å². The Bertz CT molecular complexity index is 571. The van der Waals surface area contributed by atoms with E-state index in [2.05, 4.69) is 5.32 Å². The molecular weight excluding hydrogens is 297 g/mol. The van der Waals surface area contributed by atoms with Crippen molar-refractivity contribution in [3.8, 4) is 0 Å². The molecule has 122 valence electrons. The highest BCUT2D eigenvalue weighted by atomic mass is 31.2. The van der Waals surface area contributed by atoms with Crippen LogP contribution in [-0.4, -0.2) is 28.9 Å². The van der Waals surface area contributed by atoms with Gasteiger partial charge < -0.3 is 15.0 Å². The van der Waals surface area contributed by atoms with Gasteiger partial charge in [0.05, 0.1) is 0 Å². The number of benzene rings is 1. The zero-order valence-corrected chi connectivity index (χ0v) is 14.4. The molecule has 0 heterocycles. The van der Waals surface area contributed by atoms with Crippen LogP contribution in [0.1, 0.15) is 46.0 Å². The molecule has 1 saturated carbocycles. The van der Waals surface area contributed by atoms with Gasteiger partial charge in [0.15, 0.2) is 0 Å². The maximum Gasteiger partial charge on any atom is 0.329 e. The van der Waals surface area contributed by atoms with Crippen LogP contribution in [0.15, 0.2) is 24.3 Å². The van der Waals surface area contributed by atoms with Crippen molar-refractivity contribution in [1.29, 1.82) is 0 Å². The first-order valence-corrected chi connectivity index (χ1v) is 10.2. The highest BCUT2D eigenvalue weighted by Gasteiger charge is 2.39. The van der Waals surface area contributed by atoms with Crippen LogP contribution in [0.2, 0.25) is 0 Å². The molecule has 0 unspecified atom stereocenters. The van der Waals surface area contributed by atoms with Gasteiger partial charge in [0.1, 0.15) is 12.7 Å². The Morgan fingerprint density at radius 3 is 2.41 bits per heavy atom. The summed E-state index contributed by atoms with van der Waals surface area (Å²) in [6, 6.07) is 7.52. The summed E-state index contributed by atoms with van der Waals surface area (Å²) in [6.45, 7) is 3.90. The molecule has 0 atom stereocenters. The molecule has 0 saturated heterocycles. The Morgan fingerprint density at radius 2 is 1.86 bits per heavy atom. The van der Waals surface area contributed by atoms with Crippen LogP contribution in [0.25, 0.3) is 0 Å². The van der Waals surface area contributed by atoms with E-state index in [-0.39, 0.29) is 0 Å². The fourth-order valence-electron chi connectivity index (χ4n) is 3.25. The number of anilines is 1. The lowest BCUT2D eigenvalue weighted by Gasteiger charge is -2.35. The third-order valence-corrected chi connectivity index (χ3v) is 8.10. The molecule has 5 heteroatoms. The summed E-state index contributed by atoms with van der Waals surface area (Å²) in [4.78, 5) is 11.8. The van der Waals surface area contributed by atoms with Crippen LogP contribution in [0.4, 0.5) is 5.69 Å². The van der Waals surface area contributed by atoms with Gasteiger partial charge in [-0.3, -0.25) is 0 Å². The molecule has 0 aliphatic heterocycles. The third-order valence-electron chi connectivity index (χ3n) is 4.84. The Morgan fingerprint density at radius 1 is 1.23 bits per heavy atom. The minimum Gasteiger partial charge on any atom is -0.480 e. The molecule has 1 aliphatic carbocycles. The average Bonchev–Trinajstić information content (AvgIpc) is 2.55. The number of carboxylic acid groups (broad SMARTS) is 1. The smallest absolute Gasteiger partial charge is 0.329 e. The van der Waals surface area contributed by atoms with Crippen LogP contribution >= 0.6 is 7.14 Å². The molecule has 4 nitrogen and oxygen atoms in total. The number of rotatable bonds is 6. The molecule has 1 fully saturated rings. The second-order valence-corrected chi connectivity index (χ2v) is 9.70. The molecule has 1 aliphatic rings. The summed E-state index contributed by atoms with van der Waals surface area (Å²) >= 11 is 0. The second kappa shape index (κ2) is 6.87. The number of hydrogen-bond acceptors (Lipinski definition) is 3. The summed E-state index contributed by atoms with van der Waals surface area (Å²) in [5.74, 6) is -0.785. The molecular formula is C17H26NO3P. The topological polar surface area (TPSA) is 66.4 Å². The van der Waals surface area contributed by atoms with Crippen molar-refractivity contribution in [2.45, 2.75) is 51.5 Å². The summed E-state index contributed by atoms with van der Waals surface area (Å²) in [7, 11) is -2.35. The number of carbonyl (C=O) groups is 1. The van der Waals surface area contributed by atoms with Gasteiger partial charge in [0, 0.05) is 23.3 Å². The molecule has 1 aromatic rings. The Balaban J connectivity index is 2.29. The Hall–Kier alpha value is -1.28. The van der Waals surface area contributed by atoms with Crippen LogP contribution < -0.4 is 10.6 Å². The van der Waals surface area contributed by atoms with Gasteiger partial charge in [0.2, 0.25) is 0 Å². The second-order valence-electron chi connectivity index (χ2n) is 6.15. The minimum atomic E-state index is -2.35. The largest absolute Gasteiger partial charge is 0.480 e. The number of aliphatic carboxylic acids is 1. The average molecular weight is 323 g/mol. The van der Waals surface area contributed by atoms with Crippen molar-refractivity contribution in [2.24, 2.45) is 0 Å². The Kier molecular flexibility index (Phi) is 5.33. The molecule has 2 N–H and O–H groups in total. The van der Waals surface area contributed by atoms with Gasteiger partial charge >= 0.3 is 5.97 Å². The van der Waals surface area contributed by atoms with E-state index >= 15 is 0 Å². The molecule has 0 amide bonds. The standard InChI is InChI=1S/C17H26NO3P/c1-3-22(21,4-2)15-10-8-9-14(13-15)18-17(16(19)20)11-6-5-7-12-17/h8-10,13,18H,3-7,11-12H2,1-2H3,(H,19,20). The van der Waals surface area contributed by atoms with E-state index < -0.39 is 18.7 Å². The van der Waals surface area contributed by atoms with Gasteiger partial charge in [-0.05, 0) is 25.0 Å². The first-order chi connectivity index (χ1) is 10.5. The SMILES string of the molecule is CCP(=O)(CC)c1cccc(NC2(C(=O)O)CCCCC2)c1. The van der Waals surface area contributed by atoms with Crippen LogP contribution in [0, 0.1) is 0 Å². The van der Waals surface area contributed by atoms with Gasteiger partial charge in [-0.1, -0.05) is 45.2 Å². The maximum atomic E-state index is 12.9. The third kappa shape index (κ3) is 3.38. The van der Waals surface area contributed by atoms with Gasteiger partial charge in [-0.25, -0.2) is 4.79 Å². The lowest BCUT2D eigenvalue weighted by molar-refractivity contribution is -0.143. The maximum absolute atomic E-state index is 12.9. The number of nitrogens with one attached hydrogen (secondary N) is 1. The van der Waals surface area contributed by atoms with Crippen molar-refractivity contribution in [3.05, 3.63) is 24.3 Å². The van der Waals surface area contributed by atoms with Crippen molar-refractivity contribution < 1.29 is 14.5 Å². The Labute approximate surface area is 132 Å². The summed E-state index contributed by atoms with van der Waals surface area (Å²) in [6.07, 6.45) is 5.52. The lowest BCUT2D eigenvalue weighted by Crippen LogP contribution is -2.48. The highest BCUT2D eigenvalue weighted by molar-refractivity contribution is 7.71. The van der Waals surface area contributed by atoms with E-state index in [1.165, 1.54) is 0 Å². The molecule has 0 radical (unpaired) electrons. The summed E-state index contributed by atoms with van der Waals surface area (Å²) in [5, 5.41) is 13.7. The fraction of sp³-hybridized carbons (Fsp3) is 0.588. The van der Waals surface area contributed by atoms with Gasteiger partial charge in [-0.2, -0.15) is 0 Å². The quantitative estimate of drug-likeness (QED) is 0.779. The molecule has 0 spiro atoms. The fourth-order valence-corrected chi connectivity index (χ4v) is 5.16. The van der Waals surface area contributed by atoms with Crippen LogP contribution in [0.5, 0.6) is 0 Å². The van der Waals surface area contributed by atoms with Crippen molar-refractivity contribution in [3.63, 3.8) is 0 Å². The molecule has 0 aromatic heterocycles. The molecule has 2 rings (SSSR count). The van der Waals surface area contributed by atoms with Crippen LogP contribution in [-0.2, 0) is 9.36 Å². The van der Waals surface area contributed by atoms with Gasteiger partial charge in [-0.15, -0.1) is 0 Å². The van der Waals surface area contributed by atoms with E-state index in [1.807, 2.05) is 38.1 Å². The highest BCUT2D eigenvalue weighted by Crippen LogP contribution is 2.44. The van der Waals surface area contributed by atoms with Crippen molar-refractivity contribution in [1.82, 2.24) is 0 Å². The summed E-state index contributed by atoms with van der Waals surface area (Å²) in [5.41, 5.74) is -0.108. The van der Waals surface area contributed by atoms with E-state index in [9.17, 15) is 14.5 Å². The van der Waals surface area contributed by atoms with E-state index in [4.69, 9.17) is 0 Å². The zero-order valence-electron chi connectivity index (χ0n) is 13.5. The first-order valence-electron chi connectivity index (χ1n) is 8.16. The zero-order chi connectivity index (χ0) is 16.2. The first kappa shape index (κ1) is 17.1. The van der Waals surface area contributed by atoms with Crippen LogP contribution in [0.3, 0.4) is 0 Å². The summed E-state index contributed by atoms with van der Waals surface area (Å²) < 4.78 is 12.9. The number of hydrogen-bond donors (Lipinski definition) is 2. The van der Waals surface area contributed by atoms with Crippen molar-refractivity contribution >= 4 is 24.1 Å². The normalized spacial score (nSPS) is 17.9. The van der Waals surface area contributed by atoms with Gasteiger partial charge in [0.25, 0.3) is 0 Å². The number of carboxylic acids is 1. The monoisotopic (exact) mass is 323 g/mol. The van der Waals surface area contributed by atoms with E-state index in [0.29, 0.717) is 25.2 Å². The minimum absolute atomic E-state index is 0.636. The van der Waals surface area contributed by atoms with Crippen molar-refractivity contribution in [2.75, 3.05) is 17.6 Å². The predicted molar refractivity (Wildman–Crippen MR) is 91.8 cm³/mol. The predicted octanol–water partition coefficient (Wildman–Crippen LogP) is 3.91. The molecule has 1 aromatic carbocycles. The van der Waals surface area contributed by atoms with E-state index in [0.717, 1.165) is 30.3 Å².